The minimum absolute atomic E-state index is 0.135. The first kappa shape index (κ1) is 15.1. The van der Waals surface area contributed by atoms with Gasteiger partial charge in [-0.3, -0.25) is 9.59 Å². The van der Waals surface area contributed by atoms with Crippen LogP contribution in [-0.4, -0.2) is 17.9 Å². The summed E-state index contributed by atoms with van der Waals surface area (Å²) in [5, 5.41) is 0. The number of carbonyl (C=O) groups is 2. The molecule has 0 aromatic heterocycles. The normalized spacial score (nSPS) is 10.9. The van der Waals surface area contributed by atoms with Crippen molar-refractivity contribution in [1.29, 1.82) is 0 Å². The van der Waals surface area contributed by atoms with E-state index < -0.39 is 12.1 Å². The average Bonchev–Trinajstić information content (AvgIpc) is 2.22. The molecule has 0 atom stereocenters. The van der Waals surface area contributed by atoms with Crippen molar-refractivity contribution in [3.63, 3.8) is 0 Å². The molecule has 3 heteroatoms. The van der Waals surface area contributed by atoms with Crippen LogP contribution in [-0.2, 0) is 14.3 Å². The van der Waals surface area contributed by atoms with Gasteiger partial charge in [0.15, 0.2) is 0 Å². The zero-order valence-electron chi connectivity index (χ0n) is 10.3. The summed E-state index contributed by atoms with van der Waals surface area (Å²) in [6.07, 6.45) is 2.39. The summed E-state index contributed by atoms with van der Waals surface area (Å²) in [4.78, 5) is 22.7. The Labute approximate surface area is 98.6 Å². The third-order valence-electron chi connectivity index (χ3n) is 2.58. The molecule has 0 fully saturated rings. The largest absolute Gasteiger partial charge is 0.462 e. The Hall–Kier alpha value is -0.860. The van der Waals surface area contributed by atoms with Crippen molar-refractivity contribution >= 4 is 11.8 Å². The zero-order valence-corrected chi connectivity index (χ0v) is 10.3. The van der Waals surface area contributed by atoms with E-state index in [1.807, 2.05) is 0 Å². The lowest BCUT2D eigenvalue weighted by atomic mass is 9.95. The van der Waals surface area contributed by atoms with Crippen molar-refractivity contribution in [1.82, 2.24) is 0 Å². The van der Waals surface area contributed by atoms with Crippen LogP contribution in [0, 0.1) is 19.8 Å². The van der Waals surface area contributed by atoms with Crippen molar-refractivity contribution < 1.29 is 14.3 Å². The van der Waals surface area contributed by atoms with Gasteiger partial charge in [0, 0.05) is 12.8 Å². The fraction of sp³-hybridized carbons (Fsp3) is 0.692. The lowest BCUT2D eigenvalue weighted by Crippen LogP contribution is -2.14. The van der Waals surface area contributed by atoms with Crippen molar-refractivity contribution in [2.24, 2.45) is 5.92 Å². The summed E-state index contributed by atoms with van der Waals surface area (Å²) in [5.41, 5.74) is 0. The predicted molar refractivity (Wildman–Crippen MR) is 63.5 cm³/mol. The Morgan fingerprint density at radius 1 is 1.12 bits per heavy atom. The number of rotatable bonds is 8. The van der Waals surface area contributed by atoms with E-state index >= 15 is 0 Å². The monoisotopic (exact) mass is 226 g/mol. The third-order valence-corrected chi connectivity index (χ3v) is 2.58. The maximum Gasteiger partial charge on any atom is 0.306 e. The van der Waals surface area contributed by atoms with Crippen LogP contribution < -0.4 is 0 Å². The lowest BCUT2D eigenvalue weighted by Gasteiger charge is -2.11. The van der Waals surface area contributed by atoms with Crippen LogP contribution in [0.2, 0.25) is 0 Å². The van der Waals surface area contributed by atoms with Crippen LogP contribution in [0.3, 0.4) is 0 Å². The van der Waals surface area contributed by atoms with Gasteiger partial charge in [-0.25, -0.2) is 0 Å². The Bertz CT molecular complexity index is 217. The first-order valence-corrected chi connectivity index (χ1v) is 5.86. The molecular weight excluding hydrogens is 204 g/mol. The summed E-state index contributed by atoms with van der Waals surface area (Å²) >= 11 is 0. The van der Waals surface area contributed by atoms with Crippen molar-refractivity contribution in [3.8, 4) is 0 Å². The third kappa shape index (κ3) is 7.43. The molecule has 0 unspecified atom stereocenters. The van der Waals surface area contributed by atoms with Gasteiger partial charge in [0.25, 0.3) is 0 Å². The van der Waals surface area contributed by atoms with E-state index in [4.69, 9.17) is 4.74 Å². The molecule has 3 nitrogen and oxygen atoms in total. The Morgan fingerprint density at radius 3 is 2.12 bits per heavy atom. The molecule has 0 rings (SSSR count). The molecule has 0 aliphatic carbocycles. The average molecular weight is 226 g/mol. The fourth-order valence-corrected chi connectivity index (χ4v) is 1.49. The highest BCUT2D eigenvalue weighted by Gasteiger charge is 2.13. The van der Waals surface area contributed by atoms with E-state index in [1.165, 1.54) is 0 Å². The van der Waals surface area contributed by atoms with Gasteiger partial charge in [-0.2, -0.15) is 0 Å². The highest BCUT2D eigenvalue weighted by atomic mass is 16.5. The molecule has 0 amide bonds. The van der Waals surface area contributed by atoms with Crippen molar-refractivity contribution in [2.75, 3.05) is 0 Å². The van der Waals surface area contributed by atoms with Gasteiger partial charge in [0.2, 0.25) is 0 Å². The highest BCUT2D eigenvalue weighted by Crippen LogP contribution is 2.14. The molecule has 0 heterocycles. The van der Waals surface area contributed by atoms with Crippen LogP contribution in [0.5, 0.6) is 0 Å². The van der Waals surface area contributed by atoms with Gasteiger partial charge in [0.05, 0.1) is 6.42 Å². The van der Waals surface area contributed by atoms with Crippen molar-refractivity contribution in [2.45, 2.75) is 52.1 Å². The Morgan fingerprint density at radius 2 is 1.69 bits per heavy atom. The van der Waals surface area contributed by atoms with Gasteiger partial charge < -0.3 is 4.74 Å². The second-order valence-corrected chi connectivity index (χ2v) is 4.04. The molecule has 0 N–H and O–H groups in total. The summed E-state index contributed by atoms with van der Waals surface area (Å²) in [6.45, 7) is 11.0. The van der Waals surface area contributed by atoms with E-state index in [9.17, 15) is 9.59 Å². The molecule has 0 aliphatic rings. The summed E-state index contributed by atoms with van der Waals surface area (Å²) in [6, 6.07) is 0. The number of esters is 1. The van der Waals surface area contributed by atoms with Crippen LogP contribution in [0.25, 0.3) is 0 Å². The minimum atomic E-state index is -0.596. The Kier molecular flexibility index (Phi) is 7.86. The quantitative estimate of drug-likeness (QED) is 0.598. The van der Waals surface area contributed by atoms with Gasteiger partial charge in [-0.15, -0.1) is 0 Å². The summed E-state index contributed by atoms with van der Waals surface area (Å²) in [7, 11) is 0. The van der Waals surface area contributed by atoms with Crippen LogP contribution in [0.15, 0.2) is 0 Å². The zero-order chi connectivity index (χ0) is 12.6. The van der Waals surface area contributed by atoms with E-state index in [-0.39, 0.29) is 18.6 Å². The maximum atomic E-state index is 11.5. The predicted octanol–water partition coefficient (Wildman–Crippen LogP) is 2.74. The lowest BCUT2D eigenvalue weighted by molar-refractivity contribution is -0.146. The smallest absolute Gasteiger partial charge is 0.306 e. The van der Waals surface area contributed by atoms with Crippen LogP contribution in [0.4, 0.5) is 0 Å². The van der Waals surface area contributed by atoms with Crippen LogP contribution >= 0.6 is 0 Å². The van der Waals surface area contributed by atoms with Gasteiger partial charge >= 0.3 is 5.97 Å². The number of hydrogen-bond acceptors (Lipinski definition) is 3. The molecule has 0 aromatic carbocycles. The second kappa shape index (κ2) is 8.31. The molecule has 16 heavy (non-hydrogen) atoms. The van der Waals surface area contributed by atoms with Crippen LogP contribution in [0.1, 0.15) is 46.0 Å². The molecule has 92 valence electrons. The SMILES string of the molecule is [CH2]C([CH2])OC(=O)CCC(=O)CC(CC)CC. The van der Waals surface area contributed by atoms with Gasteiger partial charge in [-0.05, 0) is 19.8 Å². The van der Waals surface area contributed by atoms with Gasteiger partial charge in [-0.1, -0.05) is 26.7 Å². The number of hydrogen-bond donors (Lipinski definition) is 0. The van der Waals surface area contributed by atoms with E-state index in [1.54, 1.807) is 0 Å². The molecule has 0 spiro atoms. The number of Topliss-reactive ketones (excluding diaryl/α,β-unsaturated/α-hetero) is 1. The number of carbonyl (C=O) groups excluding carboxylic acids is 2. The molecule has 0 saturated heterocycles. The standard InChI is InChI=1S/C13H22O3/c1-5-11(6-2)9-12(14)7-8-13(15)16-10(3)4/h10-11H,3-9H2,1-2H3. The molecule has 2 radical (unpaired) electrons. The molecule has 0 bridgehead atoms. The molecule has 0 saturated carbocycles. The van der Waals surface area contributed by atoms with Gasteiger partial charge in [0.1, 0.15) is 11.9 Å². The van der Waals surface area contributed by atoms with E-state index in [0.717, 1.165) is 12.8 Å². The van der Waals surface area contributed by atoms with E-state index in [0.29, 0.717) is 12.3 Å². The van der Waals surface area contributed by atoms with E-state index in [2.05, 4.69) is 27.7 Å². The molecular formula is C13H22O3. The minimum Gasteiger partial charge on any atom is -0.462 e. The number of ether oxygens (including phenoxy) is 1. The molecule has 0 aliphatic heterocycles. The Balaban J connectivity index is 3.76. The maximum absolute atomic E-state index is 11.5. The molecule has 0 aromatic rings. The first-order chi connectivity index (χ1) is 7.49. The summed E-state index contributed by atoms with van der Waals surface area (Å²) < 4.78 is 4.74. The first-order valence-electron chi connectivity index (χ1n) is 5.86. The van der Waals surface area contributed by atoms with Crippen molar-refractivity contribution in [3.05, 3.63) is 13.8 Å². The fourth-order valence-electron chi connectivity index (χ4n) is 1.49. The topological polar surface area (TPSA) is 43.4 Å². The highest BCUT2D eigenvalue weighted by molar-refractivity contribution is 5.83. The number of ketones is 1. The second-order valence-electron chi connectivity index (χ2n) is 4.04. The summed E-state index contributed by atoms with van der Waals surface area (Å²) in [5.74, 6) is 0.181.